The normalized spacial score (nSPS) is 25.9. The van der Waals surface area contributed by atoms with Crippen molar-refractivity contribution in [3.05, 3.63) is 101 Å². The fourth-order valence-electron chi connectivity index (χ4n) is 7.45. The minimum absolute atomic E-state index is 0.0203. The average molecular weight is 510 g/mol. The highest BCUT2D eigenvalue weighted by Gasteiger charge is 2.61. The molecule has 3 aliphatic carbocycles. The molecule has 2 unspecified atom stereocenters. The molecule has 2 bridgehead atoms. The zero-order valence-corrected chi connectivity index (χ0v) is 21.4. The van der Waals surface area contributed by atoms with Crippen molar-refractivity contribution in [3.8, 4) is 0 Å². The van der Waals surface area contributed by atoms with Crippen LogP contribution >= 0.6 is 0 Å². The minimum atomic E-state index is -0.281. The van der Waals surface area contributed by atoms with Crippen molar-refractivity contribution < 1.29 is 14.0 Å². The van der Waals surface area contributed by atoms with E-state index in [0.29, 0.717) is 6.54 Å². The average Bonchev–Trinajstić information content (AvgIpc) is 3.21. The molecule has 0 spiro atoms. The molecule has 6 heteroatoms. The van der Waals surface area contributed by atoms with Gasteiger partial charge in [-0.2, -0.15) is 0 Å². The number of benzene rings is 3. The van der Waals surface area contributed by atoms with Gasteiger partial charge in [0, 0.05) is 50.2 Å². The highest BCUT2D eigenvalue weighted by molar-refractivity contribution is 6.07. The fraction of sp³-hybridized carbons (Fsp3) is 0.375. The zero-order chi connectivity index (χ0) is 25.8. The summed E-state index contributed by atoms with van der Waals surface area (Å²) >= 11 is 0. The largest absolute Gasteiger partial charge is 0.369 e. The Morgan fingerprint density at radius 3 is 1.61 bits per heavy atom. The second-order valence-electron chi connectivity index (χ2n) is 11.1. The van der Waals surface area contributed by atoms with Gasteiger partial charge in [0.25, 0.3) is 0 Å². The maximum absolute atomic E-state index is 13.7. The van der Waals surface area contributed by atoms with Gasteiger partial charge in [-0.1, -0.05) is 48.5 Å². The van der Waals surface area contributed by atoms with Gasteiger partial charge in [0.05, 0.1) is 11.8 Å². The van der Waals surface area contributed by atoms with Crippen molar-refractivity contribution in [2.45, 2.75) is 24.7 Å². The van der Waals surface area contributed by atoms with E-state index in [1.54, 1.807) is 4.90 Å². The van der Waals surface area contributed by atoms with Crippen molar-refractivity contribution >= 4 is 17.5 Å². The molecule has 5 nitrogen and oxygen atoms in total. The molecule has 2 fully saturated rings. The summed E-state index contributed by atoms with van der Waals surface area (Å²) in [5, 5.41) is 0. The monoisotopic (exact) mass is 509 g/mol. The summed E-state index contributed by atoms with van der Waals surface area (Å²) in [7, 11) is 0. The quantitative estimate of drug-likeness (QED) is 0.359. The highest BCUT2D eigenvalue weighted by Crippen LogP contribution is 2.60. The Bertz CT molecular complexity index is 1270. The predicted molar refractivity (Wildman–Crippen MR) is 145 cm³/mol. The minimum Gasteiger partial charge on any atom is -0.369 e. The van der Waals surface area contributed by atoms with Crippen LogP contribution in [0, 0.1) is 17.7 Å². The number of carbonyl (C=O) groups is 2. The topological polar surface area (TPSA) is 43.9 Å². The molecule has 0 N–H and O–H groups in total. The van der Waals surface area contributed by atoms with Crippen LogP contribution in [0.3, 0.4) is 0 Å². The Hall–Kier alpha value is -3.51. The van der Waals surface area contributed by atoms with Crippen LogP contribution in [-0.4, -0.2) is 60.9 Å². The van der Waals surface area contributed by atoms with Gasteiger partial charge in [-0.05, 0) is 65.9 Å². The summed E-state index contributed by atoms with van der Waals surface area (Å²) in [6, 6.07) is 23.5. The Labute approximate surface area is 222 Å². The fourth-order valence-corrected chi connectivity index (χ4v) is 7.45. The lowest BCUT2D eigenvalue weighted by atomic mass is 9.55. The molecule has 3 aromatic rings. The first-order valence-corrected chi connectivity index (χ1v) is 13.9. The summed E-state index contributed by atoms with van der Waals surface area (Å²) in [5.74, 6) is -0.789. The van der Waals surface area contributed by atoms with Gasteiger partial charge in [-0.3, -0.25) is 19.4 Å². The van der Waals surface area contributed by atoms with E-state index >= 15 is 0 Å². The predicted octanol–water partition coefficient (Wildman–Crippen LogP) is 4.62. The van der Waals surface area contributed by atoms with Crippen LogP contribution in [0.5, 0.6) is 0 Å². The molecule has 0 aromatic heterocycles. The first-order chi connectivity index (χ1) is 18.6. The van der Waals surface area contributed by atoms with E-state index in [2.05, 4.69) is 58.3 Å². The number of hydrogen-bond acceptors (Lipinski definition) is 4. The summed E-state index contributed by atoms with van der Waals surface area (Å²) < 4.78 is 13.2. The number of nitrogens with zero attached hydrogens (tertiary/aromatic N) is 3. The van der Waals surface area contributed by atoms with E-state index in [1.165, 1.54) is 34.4 Å². The van der Waals surface area contributed by atoms with Gasteiger partial charge in [-0.15, -0.1) is 0 Å². The van der Waals surface area contributed by atoms with E-state index in [1.807, 2.05) is 12.1 Å². The summed E-state index contributed by atoms with van der Waals surface area (Å²) in [6.45, 7) is 5.23. The molecule has 2 atom stereocenters. The first-order valence-electron chi connectivity index (χ1n) is 13.9. The molecule has 8 rings (SSSR count). The second kappa shape index (κ2) is 9.35. The third-order valence-corrected chi connectivity index (χ3v) is 9.21. The first kappa shape index (κ1) is 23.6. The van der Waals surface area contributed by atoms with Crippen LogP contribution < -0.4 is 4.90 Å². The van der Waals surface area contributed by atoms with Crippen LogP contribution in [-0.2, 0) is 9.59 Å². The van der Waals surface area contributed by atoms with Crippen LogP contribution in [0.25, 0.3) is 0 Å². The van der Waals surface area contributed by atoms with Crippen molar-refractivity contribution in [1.29, 1.82) is 0 Å². The number of likely N-dealkylation sites (tertiary alicyclic amines) is 1. The van der Waals surface area contributed by atoms with Crippen molar-refractivity contribution in [2.75, 3.05) is 44.2 Å². The molecule has 0 radical (unpaired) electrons. The molecular weight excluding hydrogens is 477 g/mol. The molecule has 194 valence electrons. The van der Waals surface area contributed by atoms with Crippen LogP contribution in [0.1, 0.15) is 46.9 Å². The lowest BCUT2D eigenvalue weighted by Crippen LogP contribution is -2.46. The highest BCUT2D eigenvalue weighted by atomic mass is 19.1. The maximum Gasteiger partial charge on any atom is 0.234 e. The van der Waals surface area contributed by atoms with Crippen LogP contribution in [0.4, 0.5) is 10.1 Å². The standard InChI is InChI=1S/C32H32FN3O2/c33-21-11-13-22(14-12-21)35-19-17-34(18-20-35)15-5-6-16-36-31(37)29-27-23-7-1-2-8-24(23)28(30(29)32(36)38)26-10-4-3-9-25(26)27/h1-4,7-14,27-30H,5-6,15-20H2. The maximum atomic E-state index is 13.7. The molecule has 3 aromatic carbocycles. The molecule has 38 heavy (non-hydrogen) atoms. The van der Waals surface area contributed by atoms with Crippen LogP contribution in [0.15, 0.2) is 72.8 Å². The number of hydrogen-bond donors (Lipinski definition) is 0. The molecule has 2 amide bonds. The Morgan fingerprint density at radius 2 is 1.11 bits per heavy atom. The number of unbranched alkanes of at least 4 members (excludes halogenated alkanes) is 1. The van der Waals surface area contributed by atoms with Gasteiger partial charge in [0.1, 0.15) is 5.82 Å². The van der Waals surface area contributed by atoms with E-state index in [0.717, 1.165) is 51.3 Å². The molecule has 2 aliphatic heterocycles. The van der Waals surface area contributed by atoms with Crippen LogP contribution in [0.2, 0.25) is 0 Å². The third-order valence-electron chi connectivity index (χ3n) is 9.21. The van der Waals surface area contributed by atoms with E-state index < -0.39 is 0 Å². The van der Waals surface area contributed by atoms with Crippen molar-refractivity contribution in [1.82, 2.24) is 9.80 Å². The second-order valence-corrected chi connectivity index (χ2v) is 11.1. The van der Waals surface area contributed by atoms with Gasteiger partial charge in [-0.25, -0.2) is 4.39 Å². The van der Waals surface area contributed by atoms with Crippen molar-refractivity contribution in [3.63, 3.8) is 0 Å². The summed E-state index contributed by atoms with van der Waals surface area (Å²) in [5.41, 5.74) is 5.96. The van der Waals surface area contributed by atoms with E-state index in [9.17, 15) is 14.0 Å². The zero-order valence-electron chi connectivity index (χ0n) is 21.4. The number of anilines is 1. The van der Waals surface area contributed by atoms with Gasteiger partial charge < -0.3 is 4.90 Å². The van der Waals surface area contributed by atoms with Gasteiger partial charge >= 0.3 is 0 Å². The third kappa shape index (κ3) is 3.69. The number of amides is 2. The van der Waals surface area contributed by atoms with Gasteiger partial charge in [0.15, 0.2) is 0 Å². The SMILES string of the molecule is O=C1C2C3c4ccccc4C(c4ccccc43)C2C(=O)N1CCCCN1CCN(c2ccc(F)cc2)CC1. The van der Waals surface area contributed by atoms with Crippen molar-refractivity contribution in [2.24, 2.45) is 11.8 Å². The molecular formula is C32H32FN3O2. The number of carbonyl (C=O) groups excluding carboxylic acids is 2. The summed E-state index contributed by atoms with van der Waals surface area (Å²) in [6.07, 6.45) is 1.78. The van der Waals surface area contributed by atoms with Gasteiger partial charge in [0.2, 0.25) is 11.8 Å². The number of halogens is 1. The summed E-state index contributed by atoms with van der Waals surface area (Å²) in [4.78, 5) is 33.7. The molecule has 0 saturated carbocycles. The smallest absolute Gasteiger partial charge is 0.234 e. The lowest BCUT2D eigenvalue weighted by molar-refractivity contribution is -0.140. The Morgan fingerprint density at radius 1 is 0.632 bits per heavy atom. The number of piperazine rings is 1. The van der Waals surface area contributed by atoms with E-state index in [-0.39, 0.29) is 41.3 Å². The van der Waals surface area contributed by atoms with E-state index in [4.69, 9.17) is 0 Å². The number of rotatable bonds is 6. The molecule has 2 saturated heterocycles. The molecule has 5 aliphatic rings. The Kier molecular flexibility index (Phi) is 5.81. The number of imide groups is 1. The molecule has 2 heterocycles. The lowest BCUT2D eigenvalue weighted by Gasteiger charge is -2.45. The Balaban J connectivity index is 0.985.